The van der Waals surface area contributed by atoms with Crippen molar-refractivity contribution < 1.29 is 0 Å². The lowest BCUT2D eigenvalue weighted by molar-refractivity contribution is 1.14. The van der Waals surface area contributed by atoms with Crippen LogP contribution in [-0.4, -0.2) is 4.98 Å². The first-order valence-electron chi connectivity index (χ1n) is 5.35. The zero-order valence-electron chi connectivity index (χ0n) is 9.82. The van der Waals surface area contributed by atoms with E-state index < -0.39 is 0 Å². The van der Waals surface area contributed by atoms with E-state index in [9.17, 15) is 0 Å². The summed E-state index contributed by atoms with van der Waals surface area (Å²) >= 11 is 1.80. The summed E-state index contributed by atoms with van der Waals surface area (Å²) < 4.78 is 0. The highest BCUT2D eigenvalue weighted by molar-refractivity contribution is 7.12. The largest absolute Gasteiger partial charge is 0.365 e. The first kappa shape index (κ1) is 11.6. The molecule has 0 saturated heterocycles. The Morgan fingerprint density at radius 3 is 2.76 bits per heavy atom. The average molecular weight is 243 g/mol. The van der Waals surface area contributed by atoms with Gasteiger partial charge in [-0.15, -0.1) is 11.3 Å². The van der Waals surface area contributed by atoms with Crippen molar-refractivity contribution in [3.63, 3.8) is 0 Å². The number of hydrogen-bond acceptors (Lipinski definition) is 4. The van der Waals surface area contributed by atoms with Gasteiger partial charge in [-0.3, -0.25) is 0 Å². The predicted molar refractivity (Wildman–Crippen MR) is 70.1 cm³/mol. The maximum absolute atomic E-state index is 8.66. The Morgan fingerprint density at radius 2 is 2.24 bits per heavy atom. The lowest BCUT2D eigenvalue weighted by Crippen LogP contribution is -1.99. The standard InChI is InChI=1S/C13H13N3S/c1-9-5-12(17-10(9)2)8-16-13-4-3-11(6-14)7-15-13/h3-5,7H,8H2,1-2H3,(H,15,16). The van der Waals surface area contributed by atoms with E-state index in [1.165, 1.54) is 15.3 Å². The Morgan fingerprint density at radius 1 is 1.41 bits per heavy atom. The molecule has 0 aliphatic carbocycles. The highest BCUT2D eigenvalue weighted by Gasteiger charge is 2.01. The van der Waals surface area contributed by atoms with E-state index >= 15 is 0 Å². The average Bonchev–Trinajstić information content (AvgIpc) is 2.67. The van der Waals surface area contributed by atoms with Crippen molar-refractivity contribution in [2.75, 3.05) is 5.32 Å². The molecule has 0 spiro atoms. The molecule has 0 unspecified atom stereocenters. The van der Waals surface area contributed by atoms with Gasteiger partial charge in [0.05, 0.1) is 12.1 Å². The van der Waals surface area contributed by atoms with Crippen molar-refractivity contribution in [2.24, 2.45) is 0 Å². The van der Waals surface area contributed by atoms with Gasteiger partial charge in [0.15, 0.2) is 0 Å². The topological polar surface area (TPSA) is 48.7 Å². The van der Waals surface area contributed by atoms with Crippen LogP contribution in [0, 0.1) is 25.2 Å². The number of thiophene rings is 1. The second-order valence-corrected chi connectivity index (χ2v) is 5.19. The number of anilines is 1. The number of nitrogens with zero attached hydrogens (tertiary/aromatic N) is 2. The van der Waals surface area contributed by atoms with Gasteiger partial charge in [-0.1, -0.05) is 0 Å². The molecule has 17 heavy (non-hydrogen) atoms. The number of hydrogen-bond donors (Lipinski definition) is 1. The molecule has 2 aromatic heterocycles. The summed E-state index contributed by atoms with van der Waals surface area (Å²) in [5.41, 5.74) is 1.91. The zero-order chi connectivity index (χ0) is 12.3. The molecule has 0 fully saturated rings. The minimum absolute atomic E-state index is 0.582. The third-order valence-electron chi connectivity index (χ3n) is 2.55. The van der Waals surface area contributed by atoms with Gasteiger partial charge in [0.25, 0.3) is 0 Å². The van der Waals surface area contributed by atoms with Crippen molar-refractivity contribution in [2.45, 2.75) is 20.4 Å². The highest BCUT2D eigenvalue weighted by Crippen LogP contribution is 2.21. The van der Waals surface area contributed by atoms with Crippen LogP contribution in [0.3, 0.4) is 0 Å². The number of nitrogens with one attached hydrogen (secondary N) is 1. The van der Waals surface area contributed by atoms with Crippen LogP contribution >= 0.6 is 11.3 Å². The minimum Gasteiger partial charge on any atom is -0.365 e. The lowest BCUT2D eigenvalue weighted by atomic mass is 10.3. The minimum atomic E-state index is 0.582. The van der Waals surface area contributed by atoms with Crippen LogP contribution in [0.4, 0.5) is 5.82 Å². The molecular weight excluding hydrogens is 230 g/mol. The Bertz CT molecular complexity index is 530. The van der Waals surface area contributed by atoms with Crippen molar-refractivity contribution in [1.82, 2.24) is 4.98 Å². The third-order valence-corrected chi connectivity index (χ3v) is 3.71. The first-order chi connectivity index (χ1) is 8.19. The first-order valence-corrected chi connectivity index (χ1v) is 6.16. The van der Waals surface area contributed by atoms with E-state index in [0.717, 1.165) is 12.4 Å². The summed E-state index contributed by atoms with van der Waals surface area (Å²) in [5, 5.41) is 11.9. The van der Waals surface area contributed by atoms with Crippen LogP contribution in [0.1, 0.15) is 20.9 Å². The molecule has 0 amide bonds. The molecule has 0 radical (unpaired) electrons. The van der Waals surface area contributed by atoms with E-state index in [0.29, 0.717) is 5.56 Å². The summed E-state index contributed by atoms with van der Waals surface area (Å²) in [6.45, 7) is 5.02. The Kier molecular flexibility index (Phi) is 3.40. The number of pyridine rings is 1. The number of aromatic nitrogens is 1. The zero-order valence-corrected chi connectivity index (χ0v) is 10.6. The fourth-order valence-corrected chi connectivity index (χ4v) is 2.47. The fraction of sp³-hybridized carbons (Fsp3) is 0.231. The van der Waals surface area contributed by atoms with Crippen LogP contribution in [0.25, 0.3) is 0 Å². The van der Waals surface area contributed by atoms with Gasteiger partial charge in [0, 0.05) is 16.0 Å². The summed E-state index contributed by atoms with van der Waals surface area (Å²) in [6, 6.07) is 7.83. The molecule has 0 aliphatic rings. The molecule has 86 valence electrons. The quantitative estimate of drug-likeness (QED) is 0.900. The molecular formula is C13H13N3S. The van der Waals surface area contributed by atoms with Gasteiger partial charge in [-0.05, 0) is 37.6 Å². The van der Waals surface area contributed by atoms with Gasteiger partial charge in [-0.25, -0.2) is 4.98 Å². The van der Waals surface area contributed by atoms with Gasteiger partial charge < -0.3 is 5.32 Å². The normalized spacial score (nSPS) is 9.94. The molecule has 2 heterocycles. The molecule has 0 aromatic carbocycles. The lowest BCUT2D eigenvalue weighted by Gasteiger charge is -2.02. The van der Waals surface area contributed by atoms with E-state index in [4.69, 9.17) is 5.26 Å². The smallest absolute Gasteiger partial charge is 0.126 e. The van der Waals surface area contributed by atoms with Crippen LogP contribution in [0.2, 0.25) is 0 Å². The summed E-state index contributed by atoms with van der Waals surface area (Å²) in [7, 11) is 0. The van der Waals surface area contributed by atoms with E-state index in [2.05, 4.69) is 36.3 Å². The molecule has 1 N–H and O–H groups in total. The second-order valence-electron chi connectivity index (χ2n) is 3.85. The van der Waals surface area contributed by atoms with E-state index in [-0.39, 0.29) is 0 Å². The van der Waals surface area contributed by atoms with Crippen molar-refractivity contribution in [3.8, 4) is 6.07 Å². The highest BCUT2D eigenvalue weighted by atomic mass is 32.1. The van der Waals surface area contributed by atoms with Crippen LogP contribution < -0.4 is 5.32 Å². The van der Waals surface area contributed by atoms with Gasteiger partial charge in [-0.2, -0.15) is 5.26 Å². The SMILES string of the molecule is Cc1cc(CNc2ccc(C#N)cn2)sc1C. The van der Waals surface area contributed by atoms with Crippen LogP contribution in [0.5, 0.6) is 0 Å². The van der Waals surface area contributed by atoms with Gasteiger partial charge in [0.2, 0.25) is 0 Å². The second kappa shape index (κ2) is 4.98. The summed E-state index contributed by atoms with van der Waals surface area (Å²) in [6.07, 6.45) is 1.58. The number of aryl methyl sites for hydroxylation is 2. The maximum Gasteiger partial charge on any atom is 0.126 e. The van der Waals surface area contributed by atoms with E-state index in [1.54, 1.807) is 23.6 Å². The van der Waals surface area contributed by atoms with Crippen LogP contribution in [-0.2, 0) is 6.54 Å². The third kappa shape index (κ3) is 2.83. The van der Waals surface area contributed by atoms with E-state index in [1.807, 2.05) is 6.07 Å². The Balaban J connectivity index is 2.00. The number of rotatable bonds is 3. The number of nitriles is 1. The van der Waals surface area contributed by atoms with Crippen LogP contribution in [0.15, 0.2) is 24.4 Å². The molecule has 2 rings (SSSR count). The van der Waals surface area contributed by atoms with Gasteiger partial charge in [0.1, 0.15) is 11.9 Å². The Labute approximate surface area is 105 Å². The predicted octanol–water partition coefficient (Wildman–Crippen LogP) is 3.24. The molecule has 0 atom stereocenters. The van der Waals surface area contributed by atoms with Crippen molar-refractivity contribution in [1.29, 1.82) is 5.26 Å². The summed E-state index contributed by atoms with van der Waals surface area (Å²) in [4.78, 5) is 6.82. The molecule has 0 saturated carbocycles. The molecule has 0 aliphatic heterocycles. The molecule has 3 nitrogen and oxygen atoms in total. The maximum atomic E-state index is 8.66. The molecule has 2 aromatic rings. The van der Waals surface area contributed by atoms with Crippen molar-refractivity contribution in [3.05, 3.63) is 45.3 Å². The summed E-state index contributed by atoms with van der Waals surface area (Å²) in [5.74, 6) is 0.799. The molecule has 4 heteroatoms. The van der Waals surface area contributed by atoms with Gasteiger partial charge >= 0.3 is 0 Å². The Hall–Kier alpha value is -1.86. The molecule has 0 bridgehead atoms. The fourth-order valence-electron chi connectivity index (χ4n) is 1.48. The monoisotopic (exact) mass is 243 g/mol. The van der Waals surface area contributed by atoms with Crippen molar-refractivity contribution >= 4 is 17.2 Å².